The molecule has 184 valence electrons. The fourth-order valence-corrected chi connectivity index (χ4v) is 6.75. The average Bonchev–Trinajstić information content (AvgIpc) is 3.51. The number of nitrogens with zero attached hydrogens (tertiary/aromatic N) is 2. The number of amides is 1. The van der Waals surface area contributed by atoms with E-state index < -0.39 is 39.1 Å². The molecule has 1 aliphatic heterocycles. The molecule has 1 atom stereocenters. The topological polar surface area (TPSA) is 92.9 Å². The lowest BCUT2D eigenvalue weighted by atomic mass is 9.99. The number of ether oxygens (including phenoxy) is 1. The Labute approximate surface area is 200 Å². The number of hydrogen-bond donors (Lipinski definition) is 1. The van der Waals surface area contributed by atoms with Crippen molar-refractivity contribution in [1.82, 2.24) is 9.21 Å². The lowest BCUT2D eigenvalue weighted by Crippen LogP contribution is -2.63. The van der Waals surface area contributed by atoms with Gasteiger partial charge in [-0.3, -0.25) is 0 Å². The molecule has 2 N–H and O–H groups in total. The zero-order chi connectivity index (χ0) is 24.7. The zero-order valence-corrected chi connectivity index (χ0v) is 20.6. The van der Waals surface area contributed by atoms with Crippen molar-refractivity contribution in [1.29, 1.82) is 0 Å². The quantitative estimate of drug-likeness (QED) is 0.636. The number of carbonyl (C=O) groups excluding carboxylic acids is 1. The maximum atomic E-state index is 14.5. The Kier molecular flexibility index (Phi) is 6.37. The normalized spacial score (nSPS) is 20.4. The smallest absolute Gasteiger partial charge is 0.410 e. The van der Waals surface area contributed by atoms with Crippen LogP contribution in [-0.2, 0) is 21.2 Å². The van der Waals surface area contributed by atoms with Gasteiger partial charge in [0.15, 0.2) is 0 Å². The van der Waals surface area contributed by atoms with Crippen LogP contribution in [0.4, 0.5) is 14.9 Å². The van der Waals surface area contributed by atoms with Crippen molar-refractivity contribution >= 4 is 21.8 Å². The molecule has 7 nitrogen and oxygen atoms in total. The van der Waals surface area contributed by atoms with Gasteiger partial charge in [-0.05, 0) is 70.7 Å². The van der Waals surface area contributed by atoms with E-state index in [-0.39, 0.29) is 24.4 Å². The number of nitrogens with two attached hydrogens (primary N) is 1. The van der Waals surface area contributed by atoms with E-state index >= 15 is 0 Å². The zero-order valence-electron chi connectivity index (χ0n) is 19.8. The second-order valence-electron chi connectivity index (χ2n) is 10.2. The number of carbonyl (C=O) groups is 1. The molecule has 1 saturated heterocycles. The summed E-state index contributed by atoms with van der Waals surface area (Å²) in [5.74, 6) is -0.418. The van der Waals surface area contributed by atoms with Crippen LogP contribution in [0, 0.1) is 5.82 Å². The molecule has 1 spiro atoms. The minimum atomic E-state index is -3.84. The lowest BCUT2D eigenvalue weighted by Gasteiger charge is -2.46. The first-order valence-corrected chi connectivity index (χ1v) is 13.0. The van der Waals surface area contributed by atoms with Crippen LogP contribution in [0.3, 0.4) is 0 Å². The largest absolute Gasteiger partial charge is 0.444 e. The number of sulfonamides is 1. The minimum Gasteiger partial charge on any atom is -0.444 e. The van der Waals surface area contributed by atoms with Gasteiger partial charge < -0.3 is 15.4 Å². The van der Waals surface area contributed by atoms with Crippen molar-refractivity contribution < 1.29 is 22.3 Å². The maximum absolute atomic E-state index is 14.5. The van der Waals surface area contributed by atoms with Crippen molar-refractivity contribution in [3.63, 3.8) is 0 Å². The maximum Gasteiger partial charge on any atom is 0.410 e. The number of benzene rings is 2. The Balaban J connectivity index is 1.68. The van der Waals surface area contributed by atoms with E-state index in [0.717, 1.165) is 0 Å². The summed E-state index contributed by atoms with van der Waals surface area (Å²) >= 11 is 0. The number of piperazine rings is 1. The summed E-state index contributed by atoms with van der Waals surface area (Å²) in [7, 11) is -3.84. The molecule has 1 heterocycles. The molecule has 0 radical (unpaired) electrons. The number of hydrogen-bond acceptors (Lipinski definition) is 5. The number of anilines is 1. The van der Waals surface area contributed by atoms with Crippen molar-refractivity contribution in [2.75, 3.05) is 18.8 Å². The molecular weight excluding hydrogens is 457 g/mol. The molecule has 1 saturated carbocycles. The van der Waals surface area contributed by atoms with E-state index in [1.54, 1.807) is 72.4 Å². The second-order valence-corrected chi connectivity index (χ2v) is 12.0. The summed E-state index contributed by atoms with van der Waals surface area (Å²) in [6.07, 6.45) is 1.40. The molecule has 1 unspecified atom stereocenters. The fraction of sp³-hybridized carbons (Fsp3) is 0.480. The summed E-state index contributed by atoms with van der Waals surface area (Å²) in [4.78, 5) is 14.8. The van der Waals surface area contributed by atoms with Crippen LogP contribution in [0.5, 0.6) is 0 Å². The van der Waals surface area contributed by atoms with Gasteiger partial charge in [-0.25, -0.2) is 17.6 Å². The van der Waals surface area contributed by atoms with Crippen LogP contribution in [0.2, 0.25) is 0 Å². The highest BCUT2D eigenvalue weighted by atomic mass is 32.2. The SMILES string of the molecule is CC(C)(C)OC(=O)N1CC(CCc2c(N)cccc2F)N(S(=O)(=O)c2ccccc2)C2(CC2)C1. The van der Waals surface area contributed by atoms with Crippen molar-refractivity contribution in [2.45, 2.75) is 68.5 Å². The Morgan fingerprint density at radius 3 is 2.41 bits per heavy atom. The lowest BCUT2D eigenvalue weighted by molar-refractivity contribution is -0.000185. The highest BCUT2D eigenvalue weighted by Crippen LogP contribution is 2.49. The first-order chi connectivity index (χ1) is 15.9. The summed E-state index contributed by atoms with van der Waals surface area (Å²) in [5, 5.41) is 0. The van der Waals surface area contributed by atoms with Crippen LogP contribution in [0.15, 0.2) is 53.4 Å². The highest BCUT2D eigenvalue weighted by molar-refractivity contribution is 7.89. The number of rotatable bonds is 5. The van der Waals surface area contributed by atoms with Gasteiger partial charge in [-0.15, -0.1) is 0 Å². The Morgan fingerprint density at radius 2 is 1.82 bits per heavy atom. The highest BCUT2D eigenvalue weighted by Gasteiger charge is 2.60. The molecule has 34 heavy (non-hydrogen) atoms. The Bertz CT molecular complexity index is 1140. The predicted octanol–water partition coefficient (Wildman–Crippen LogP) is 4.18. The molecule has 0 aromatic heterocycles. The second kappa shape index (κ2) is 8.85. The van der Waals surface area contributed by atoms with Crippen molar-refractivity contribution in [3.05, 3.63) is 59.9 Å². The molecule has 4 rings (SSSR count). The molecule has 2 fully saturated rings. The Hall–Kier alpha value is -2.65. The van der Waals surface area contributed by atoms with Gasteiger partial charge in [-0.1, -0.05) is 24.3 Å². The van der Waals surface area contributed by atoms with Crippen LogP contribution < -0.4 is 5.73 Å². The summed E-state index contributed by atoms with van der Waals surface area (Å²) in [6.45, 7) is 5.83. The first kappa shape index (κ1) is 24.5. The van der Waals surface area contributed by atoms with E-state index in [2.05, 4.69) is 0 Å². The molecule has 2 aromatic carbocycles. The predicted molar refractivity (Wildman–Crippen MR) is 128 cm³/mol. The van der Waals surface area contributed by atoms with Crippen LogP contribution in [0.25, 0.3) is 0 Å². The van der Waals surface area contributed by atoms with Gasteiger partial charge >= 0.3 is 6.09 Å². The van der Waals surface area contributed by atoms with Crippen molar-refractivity contribution in [2.24, 2.45) is 0 Å². The molecule has 1 aliphatic carbocycles. The third-order valence-electron chi connectivity index (χ3n) is 6.38. The van der Waals surface area contributed by atoms with E-state index in [0.29, 0.717) is 30.5 Å². The summed E-state index contributed by atoms with van der Waals surface area (Å²) in [6, 6.07) is 12.3. The van der Waals surface area contributed by atoms with Gasteiger partial charge in [0.1, 0.15) is 11.4 Å². The summed E-state index contributed by atoms with van der Waals surface area (Å²) in [5.41, 5.74) is 5.34. The van der Waals surface area contributed by atoms with Crippen LogP contribution in [0.1, 0.15) is 45.6 Å². The summed E-state index contributed by atoms with van der Waals surface area (Å²) < 4.78 is 49.2. The first-order valence-electron chi connectivity index (χ1n) is 11.5. The molecular formula is C25H32FN3O4S. The minimum absolute atomic E-state index is 0.164. The third kappa shape index (κ3) is 4.90. The Morgan fingerprint density at radius 1 is 1.15 bits per heavy atom. The van der Waals surface area contributed by atoms with E-state index in [1.807, 2.05) is 0 Å². The monoisotopic (exact) mass is 489 g/mol. The molecule has 9 heteroatoms. The molecule has 0 bridgehead atoms. The van der Waals surface area contributed by atoms with E-state index in [4.69, 9.17) is 10.5 Å². The third-order valence-corrected chi connectivity index (χ3v) is 8.45. The van der Waals surface area contributed by atoms with E-state index in [9.17, 15) is 17.6 Å². The van der Waals surface area contributed by atoms with Gasteiger partial charge in [-0.2, -0.15) is 4.31 Å². The van der Waals surface area contributed by atoms with Gasteiger partial charge in [0.25, 0.3) is 0 Å². The number of halogens is 1. The van der Waals surface area contributed by atoms with Crippen LogP contribution in [-0.4, -0.2) is 54.0 Å². The number of nitrogen functional groups attached to an aromatic ring is 1. The fourth-order valence-electron chi connectivity index (χ4n) is 4.71. The van der Waals surface area contributed by atoms with Gasteiger partial charge in [0, 0.05) is 30.4 Å². The van der Waals surface area contributed by atoms with Crippen molar-refractivity contribution in [3.8, 4) is 0 Å². The average molecular weight is 490 g/mol. The van der Waals surface area contributed by atoms with Gasteiger partial charge in [0.05, 0.1) is 10.4 Å². The van der Waals surface area contributed by atoms with Crippen LogP contribution >= 0.6 is 0 Å². The van der Waals surface area contributed by atoms with Gasteiger partial charge in [0.2, 0.25) is 10.0 Å². The molecule has 2 aromatic rings. The molecule has 2 aliphatic rings. The van der Waals surface area contributed by atoms with E-state index in [1.165, 1.54) is 6.07 Å². The standard InChI is InChI=1S/C25H32FN3O4S/c1-24(2,3)33-23(30)28-16-18(12-13-20-21(26)10-7-11-22(20)27)29(25(17-28)14-15-25)34(31,32)19-8-5-4-6-9-19/h4-11,18H,12-17,27H2,1-3H3. The molecule has 1 amide bonds.